The first-order valence-corrected chi connectivity index (χ1v) is 17.9. The lowest BCUT2D eigenvalue weighted by Gasteiger charge is -2.19. The molecule has 0 saturated heterocycles. The molecule has 54 heavy (non-hydrogen) atoms. The van der Waals surface area contributed by atoms with E-state index >= 15 is 0 Å². The Morgan fingerprint density at radius 3 is 1.15 bits per heavy atom. The maximum Gasteiger partial charge on any atom is 0.164 e. The fourth-order valence-electron chi connectivity index (χ4n) is 6.99. The van der Waals surface area contributed by atoms with Crippen LogP contribution in [0.5, 0.6) is 0 Å². The smallest absolute Gasteiger partial charge is 0.164 e. The number of rotatable bonds is 8. The topological polar surface area (TPSA) is 64.5 Å². The summed E-state index contributed by atoms with van der Waals surface area (Å²) in [6, 6.07) is 60.6. The third-order valence-electron chi connectivity index (χ3n) is 9.51. The van der Waals surface area contributed by atoms with Gasteiger partial charge in [-0.05, 0) is 74.8 Å². The van der Waals surface area contributed by atoms with Crippen molar-refractivity contribution in [3.05, 3.63) is 201 Å². The number of pyridine rings is 2. The van der Waals surface area contributed by atoms with Crippen LogP contribution < -0.4 is 0 Å². The van der Waals surface area contributed by atoms with Crippen molar-refractivity contribution in [2.24, 2.45) is 0 Å². The van der Waals surface area contributed by atoms with Gasteiger partial charge >= 0.3 is 0 Å². The predicted octanol–water partition coefficient (Wildman–Crippen LogP) is 12.0. The average Bonchev–Trinajstić information content (AvgIpc) is 3.27. The second-order valence-electron chi connectivity index (χ2n) is 13.0. The first kappa shape index (κ1) is 32.5. The highest BCUT2D eigenvalue weighted by Gasteiger charge is 2.20. The van der Waals surface area contributed by atoms with Crippen LogP contribution in [0, 0.1) is 0 Å². The number of benzene rings is 6. The van der Waals surface area contributed by atoms with Crippen molar-refractivity contribution in [2.75, 3.05) is 0 Å². The molecule has 6 aromatic carbocycles. The van der Waals surface area contributed by atoms with Gasteiger partial charge in [-0.1, -0.05) is 146 Å². The van der Waals surface area contributed by atoms with Crippen LogP contribution in [0.4, 0.5) is 0 Å². The highest BCUT2D eigenvalue weighted by molar-refractivity contribution is 5.97. The molecule has 0 radical (unpaired) electrons. The number of aromatic nitrogens is 5. The van der Waals surface area contributed by atoms with Crippen LogP contribution in [0.2, 0.25) is 0 Å². The van der Waals surface area contributed by atoms with Gasteiger partial charge in [-0.3, -0.25) is 9.97 Å². The molecular formula is C49H33N5. The molecule has 0 unspecified atom stereocenters. The molecule has 0 aliphatic rings. The SMILES string of the molecule is c1ccc(-c2nc(-c3ccccc3)nc(-c3cc(-c4ccccc4-c4ccccc4)cc(-c4c(-c5cccnc5)cccc4-c4cccnc4)c3)n2)cc1. The van der Waals surface area contributed by atoms with Crippen molar-refractivity contribution in [2.45, 2.75) is 0 Å². The number of hydrogen-bond donors (Lipinski definition) is 0. The first-order valence-electron chi connectivity index (χ1n) is 17.9. The molecule has 0 atom stereocenters. The Morgan fingerprint density at radius 2 is 0.648 bits per heavy atom. The fraction of sp³-hybridized carbons (Fsp3) is 0. The van der Waals surface area contributed by atoms with E-state index in [1.807, 2.05) is 97.6 Å². The molecule has 0 N–H and O–H groups in total. The molecular weight excluding hydrogens is 659 g/mol. The van der Waals surface area contributed by atoms with Gasteiger partial charge in [0.2, 0.25) is 0 Å². The Hall–Kier alpha value is -7.37. The van der Waals surface area contributed by atoms with Crippen LogP contribution >= 0.6 is 0 Å². The van der Waals surface area contributed by atoms with Crippen molar-refractivity contribution < 1.29 is 0 Å². The standard InChI is InChI=1S/C49H33N5/c1-4-15-34(16-5-1)42-23-10-11-24-43(42)39-29-40(46-44(37-21-13-27-50-32-37)25-12-26-45(46)38-22-14-28-51-33-38)31-41(30-39)49-53-47(35-17-6-2-7-18-35)52-48(54-49)36-19-8-3-9-20-36/h1-33H. The van der Waals surface area contributed by atoms with Gasteiger partial charge in [0, 0.05) is 52.6 Å². The minimum Gasteiger partial charge on any atom is -0.264 e. The molecule has 9 rings (SSSR count). The summed E-state index contributed by atoms with van der Waals surface area (Å²) in [5, 5.41) is 0. The summed E-state index contributed by atoms with van der Waals surface area (Å²) in [6.07, 6.45) is 7.46. The maximum absolute atomic E-state index is 5.17. The lowest BCUT2D eigenvalue weighted by molar-refractivity contribution is 1.07. The second-order valence-corrected chi connectivity index (χ2v) is 13.0. The molecule has 5 nitrogen and oxygen atoms in total. The van der Waals surface area contributed by atoms with E-state index < -0.39 is 0 Å². The molecule has 0 saturated carbocycles. The third kappa shape index (κ3) is 6.58. The van der Waals surface area contributed by atoms with Crippen LogP contribution in [0.1, 0.15) is 0 Å². The van der Waals surface area contributed by atoms with Gasteiger partial charge in [-0.15, -0.1) is 0 Å². The summed E-state index contributed by atoms with van der Waals surface area (Å²) in [5.74, 6) is 1.82. The minimum absolute atomic E-state index is 0.588. The van der Waals surface area contributed by atoms with Gasteiger partial charge in [0.1, 0.15) is 0 Å². The molecule has 0 spiro atoms. The van der Waals surface area contributed by atoms with Crippen molar-refractivity contribution in [1.82, 2.24) is 24.9 Å². The quantitative estimate of drug-likeness (QED) is 0.159. The highest BCUT2D eigenvalue weighted by atomic mass is 15.0. The van der Waals surface area contributed by atoms with Crippen LogP contribution in [-0.2, 0) is 0 Å². The fourth-order valence-corrected chi connectivity index (χ4v) is 6.99. The minimum atomic E-state index is 0.588. The molecule has 5 heteroatoms. The molecule has 0 aliphatic heterocycles. The Morgan fingerprint density at radius 1 is 0.259 bits per heavy atom. The van der Waals surface area contributed by atoms with Crippen LogP contribution in [0.25, 0.3) is 89.8 Å². The van der Waals surface area contributed by atoms with E-state index in [4.69, 9.17) is 15.0 Å². The Kier molecular flexibility index (Phi) is 8.86. The van der Waals surface area contributed by atoms with Crippen molar-refractivity contribution in [3.63, 3.8) is 0 Å². The van der Waals surface area contributed by atoms with E-state index in [2.05, 4.69) is 113 Å². The zero-order chi connectivity index (χ0) is 36.1. The molecule has 254 valence electrons. The van der Waals surface area contributed by atoms with Gasteiger partial charge in [0.25, 0.3) is 0 Å². The Bertz CT molecular complexity index is 2570. The van der Waals surface area contributed by atoms with Gasteiger partial charge in [0.15, 0.2) is 17.5 Å². The van der Waals surface area contributed by atoms with Gasteiger partial charge in [0.05, 0.1) is 0 Å². The van der Waals surface area contributed by atoms with E-state index in [-0.39, 0.29) is 0 Å². The van der Waals surface area contributed by atoms with Crippen LogP contribution in [-0.4, -0.2) is 24.9 Å². The van der Waals surface area contributed by atoms with E-state index in [0.29, 0.717) is 17.5 Å². The molecule has 0 fully saturated rings. The monoisotopic (exact) mass is 691 g/mol. The van der Waals surface area contributed by atoms with E-state index in [0.717, 1.165) is 72.3 Å². The summed E-state index contributed by atoms with van der Waals surface area (Å²) in [5.41, 5.74) is 13.4. The summed E-state index contributed by atoms with van der Waals surface area (Å²) < 4.78 is 0. The van der Waals surface area contributed by atoms with Crippen molar-refractivity contribution in [1.29, 1.82) is 0 Å². The molecule has 0 amide bonds. The molecule has 9 aromatic rings. The summed E-state index contributed by atoms with van der Waals surface area (Å²) in [7, 11) is 0. The first-order chi connectivity index (χ1) is 26.8. The van der Waals surface area contributed by atoms with Gasteiger partial charge < -0.3 is 0 Å². The third-order valence-corrected chi connectivity index (χ3v) is 9.51. The van der Waals surface area contributed by atoms with Crippen molar-refractivity contribution in [3.8, 4) is 89.8 Å². The maximum atomic E-state index is 5.17. The zero-order valence-corrected chi connectivity index (χ0v) is 29.3. The Labute approximate surface area is 314 Å². The zero-order valence-electron chi connectivity index (χ0n) is 29.3. The van der Waals surface area contributed by atoms with Crippen LogP contribution in [0.3, 0.4) is 0 Å². The Balaban J connectivity index is 1.36. The molecule has 3 aromatic heterocycles. The summed E-state index contributed by atoms with van der Waals surface area (Å²) in [4.78, 5) is 24.3. The highest BCUT2D eigenvalue weighted by Crippen LogP contribution is 2.44. The van der Waals surface area contributed by atoms with E-state index in [9.17, 15) is 0 Å². The molecule has 3 heterocycles. The second kappa shape index (κ2) is 14.7. The number of nitrogens with zero attached hydrogens (tertiary/aromatic N) is 5. The summed E-state index contributed by atoms with van der Waals surface area (Å²) in [6.45, 7) is 0. The van der Waals surface area contributed by atoms with Crippen LogP contribution in [0.15, 0.2) is 201 Å². The lowest BCUT2D eigenvalue weighted by atomic mass is 9.85. The van der Waals surface area contributed by atoms with Gasteiger partial charge in [-0.25, -0.2) is 15.0 Å². The summed E-state index contributed by atoms with van der Waals surface area (Å²) >= 11 is 0. The largest absolute Gasteiger partial charge is 0.264 e. The predicted molar refractivity (Wildman–Crippen MR) is 219 cm³/mol. The van der Waals surface area contributed by atoms with E-state index in [1.165, 1.54) is 0 Å². The number of hydrogen-bond acceptors (Lipinski definition) is 5. The molecule has 0 bridgehead atoms. The van der Waals surface area contributed by atoms with Crippen molar-refractivity contribution >= 4 is 0 Å². The normalized spacial score (nSPS) is 11.0. The van der Waals surface area contributed by atoms with Gasteiger partial charge in [-0.2, -0.15) is 0 Å². The lowest BCUT2D eigenvalue weighted by Crippen LogP contribution is -2.01. The average molecular weight is 692 g/mol. The van der Waals surface area contributed by atoms with E-state index in [1.54, 1.807) is 0 Å². The molecule has 0 aliphatic carbocycles.